The molecule has 0 spiro atoms. The predicted molar refractivity (Wildman–Crippen MR) is 115 cm³/mol. The molecule has 150 valence electrons. The lowest BCUT2D eigenvalue weighted by molar-refractivity contribution is -0.120. The van der Waals surface area contributed by atoms with Gasteiger partial charge in [-0.15, -0.1) is 0 Å². The molecule has 3 rings (SSSR count). The highest BCUT2D eigenvalue weighted by molar-refractivity contribution is 7.92. The van der Waals surface area contributed by atoms with Crippen molar-refractivity contribution in [3.8, 4) is 0 Å². The average Bonchev–Trinajstić information content (AvgIpc) is 2.73. The Morgan fingerprint density at radius 1 is 0.931 bits per heavy atom. The summed E-state index contributed by atoms with van der Waals surface area (Å²) in [6.45, 7) is 1.51. The highest BCUT2D eigenvalue weighted by Gasteiger charge is 2.27. The normalized spacial score (nSPS) is 12.2. The molecule has 0 saturated carbocycles. The first-order valence-corrected chi connectivity index (χ1v) is 10.9. The third-order valence-electron chi connectivity index (χ3n) is 4.41. The molecular formula is C22H21ClN2O3S. The van der Waals surface area contributed by atoms with Gasteiger partial charge in [0.2, 0.25) is 5.91 Å². The number of carbonyl (C=O) groups excluding carboxylic acids is 1. The van der Waals surface area contributed by atoms with E-state index in [1.807, 2.05) is 37.3 Å². The number of sulfonamides is 1. The predicted octanol–water partition coefficient (Wildman–Crippen LogP) is 4.41. The van der Waals surface area contributed by atoms with Crippen molar-refractivity contribution < 1.29 is 13.2 Å². The van der Waals surface area contributed by atoms with Crippen LogP contribution in [-0.2, 0) is 14.8 Å². The Morgan fingerprint density at radius 3 is 2.07 bits per heavy atom. The summed E-state index contributed by atoms with van der Waals surface area (Å²) < 4.78 is 27.6. The second-order valence-electron chi connectivity index (χ2n) is 6.50. The van der Waals surface area contributed by atoms with Crippen molar-refractivity contribution >= 4 is 33.2 Å². The molecule has 7 heteroatoms. The first-order chi connectivity index (χ1) is 13.9. The van der Waals surface area contributed by atoms with Gasteiger partial charge in [0, 0.05) is 5.02 Å². The Morgan fingerprint density at radius 2 is 1.48 bits per heavy atom. The van der Waals surface area contributed by atoms with Gasteiger partial charge in [0.25, 0.3) is 10.0 Å². The summed E-state index contributed by atoms with van der Waals surface area (Å²) in [5.74, 6) is -0.400. The molecular weight excluding hydrogens is 408 g/mol. The first kappa shape index (κ1) is 20.9. The molecule has 0 aromatic heterocycles. The Labute approximate surface area is 176 Å². The number of anilines is 1. The first-order valence-electron chi connectivity index (χ1n) is 9.05. The highest BCUT2D eigenvalue weighted by atomic mass is 35.5. The molecule has 3 aromatic rings. The van der Waals surface area contributed by atoms with Gasteiger partial charge >= 0.3 is 0 Å². The molecule has 1 amide bonds. The maximum atomic E-state index is 13.2. The third kappa shape index (κ3) is 5.16. The van der Waals surface area contributed by atoms with Crippen LogP contribution in [0.15, 0.2) is 89.8 Å². The van der Waals surface area contributed by atoms with Crippen LogP contribution in [-0.4, -0.2) is 20.9 Å². The van der Waals surface area contributed by atoms with Crippen LogP contribution in [0.3, 0.4) is 0 Å². The minimum absolute atomic E-state index is 0.0645. The number of nitrogens with one attached hydrogen (secondary N) is 1. The van der Waals surface area contributed by atoms with E-state index < -0.39 is 15.9 Å². The summed E-state index contributed by atoms with van der Waals surface area (Å²) >= 11 is 5.89. The molecule has 0 aliphatic carbocycles. The fourth-order valence-electron chi connectivity index (χ4n) is 2.89. The molecule has 0 saturated heterocycles. The zero-order valence-corrected chi connectivity index (χ0v) is 17.4. The molecule has 0 heterocycles. The maximum Gasteiger partial charge on any atom is 0.264 e. The van der Waals surface area contributed by atoms with Gasteiger partial charge in [-0.1, -0.05) is 60.1 Å². The van der Waals surface area contributed by atoms with Gasteiger partial charge < -0.3 is 5.32 Å². The zero-order valence-electron chi connectivity index (χ0n) is 15.8. The number of carbonyl (C=O) groups is 1. The van der Waals surface area contributed by atoms with Crippen LogP contribution in [0.25, 0.3) is 0 Å². The van der Waals surface area contributed by atoms with Crippen molar-refractivity contribution in [1.29, 1.82) is 0 Å². The van der Waals surface area contributed by atoms with E-state index in [9.17, 15) is 13.2 Å². The molecule has 0 radical (unpaired) electrons. The van der Waals surface area contributed by atoms with Gasteiger partial charge in [-0.2, -0.15) is 0 Å². The standard InChI is InChI=1S/C22H21ClN2O3S/c1-17(18-8-4-2-5-9-18)24-22(26)16-25(20-10-6-3-7-11-20)29(27,28)21-14-12-19(23)13-15-21/h2-15,17H,16H2,1H3,(H,24,26)/t17-/m0/s1. The van der Waals surface area contributed by atoms with Crippen molar-refractivity contribution in [2.45, 2.75) is 17.9 Å². The number of rotatable bonds is 7. The van der Waals surface area contributed by atoms with Gasteiger partial charge in [-0.05, 0) is 48.9 Å². The van der Waals surface area contributed by atoms with E-state index in [0.29, 0.717) is 10.7 Å². The SMILES string of the molecule is C[C@H](NC(=O)CN(c1ccccc1)S(=O)(=O)c1ccc(Cl)cc1)c1ccccc1. The minimum Gasteiger partial charge on any atom is -0.348 e. The molecule has 1 atom stereocenters. The Kier molecular flexibility index (Phi) is 6.56. The Balaban J connectivity index is 1.86. The second-order valence-corrected chi connectivity index (χ2v) is 8.80. The summed E-state index contributed by atoms with van der Waals surface area (Å²) in [7, 11) is -3.95. The number of hydrogen-bond acceptors (Lipinski definition) is 3. The lowest BCUT2D eigenvalue weighted by atomic mass is 10.1. The smallest absolute Gasteiger partial charge is 0.264 e. The van der Waals surface area contributed by atoms with E-state index in [1.54, 1.807) is 30.3 Å². The fourth-order valence-corrected chi connectivity index (χ4v) is 4.43. The van der Waals surface area contributed by atoms with E-state index in [4.69, 9.17) is 11.6 Å². The van der Waals surface area contributed by atoms with Gasteiger partial charge in [0.15, 0.2) is 0 Å². The van der Waals surface area contributed by atoms with Crippen molar-refractivity contribution in [2.24, 2.45) is 0 Å². The van der Waals surface area contributed by atoms with Crippen LogP contribution >= 0.6 is 11.6 Å². The molecule has 0 aliphatic rings. The molecule has 0 aliphatic heterocycles. The summed E-state index contributed by atoms with van der Waals surface area (Å²) in [6, 6.07) is 23.7. The number of nitrogens with zero attached hydrogens (tertiary/aromatic N) is 1. The summed E-state index contributed by atoms with van der Waals surface area (Å²) in [5.41, 5.74) is 1.35. The van der Waals surface area contributed by atoms with Crippen molar-refractivity contribution in [1.82, 2.24) is 5.32 Å². The third-order valence-corrected chi connectivity index (χ3v) is 6.45. The van der Waals surface area contributed by atoms with Gasteiger partial charge in [-0.25, -0.2) is 8.42 Å². The van der Waals surface area contributed by atoms with E-state index >= 15 is 0 Å². The molecule has 29 heavy (non-hydrogen) atoms. The van der Waals surface area contributed by atoms with E-state index in [-0.39, 0.29) is 17.5 Å². The van der Waals surface area contributed by atoms with E-state index in [2.05, 4.69) is 5.32 Å². The van der Waals surface area contributed by atoms with Crippen molar-refractivity contribution in [2.75, 3.05) is 10.8 Å². The van der Waals surface area contributed by atoms with Crippen LogP contribution in [0.5, 0.6) is 0 Å². The molecule has 0 unspecified atom stereocenters. The van der Waals surface area contributed by atoms with Crippen LogP contribution < -0.4 is 9.62 Å². The van der Waals surface area contributed by atoms with Crippen LogP contribution in [0.1, 0.15) is 18.5 Å². The molecule has 5 nitrogen and oxygen atoms in total. The number of para-hydroxylation sites is 1. The van der Waals surface area contributed by atoms with Crippen molar-refractivity contribution in [3.63, 3.8) is 0 Å². The highest BCUT2D eigenvalue weighted by Crippen LogP contribution is 2.24. The lowest BCUT2D eigenvalue weighted by Gasteiger charge is -2.25. The Bertz CT molecular complexity index is 1060. The molecule has 1 N–H and O–H groups in total. The van der Waals surface area contributed by atoms with Crippen LogP contribution in [0.2, 0.25) is 5.02 Å². The minimum atomic E-state index is -3.95. The van der Waals surface area contributed by atoms with Gasteiger partial charge in [-0.3, -0.25) is 9.10 Å². The topological polar surface area (TPSA) is 66.5 Å². The largest absolute Gasteiger partial charge is 0.348 e. The average molecular weight is 429 g/mol. The van der Waals surface area contributed by atoms with Crippen LogP contribution in [0, 0.1) is 0 Å². The molecule has 3 aromatic carbocycles. The molecule has 0 fully saturated rings. The zero-order chi connectivity index (χ0) is 20.9. The quantitative estimate of drug-likeness (QED) is 0.606. The second kappa shape index (κ2) is 9.11. The number of hydrogen-bond donors (Lipinski definition) is 1. The summed E-state index contributed by atoms with van der Waals surface area (Å²) in [5, 5.41) is 3.30. The van der Waals surface area contributed by atoms with Crippen LogP contribution in [0.4, 0.5) is 5.69 Å². The lowest BCUT2D eigenvalue weighted by Crippen LogP contribution is -2.41. The number of amides is 1. The summed E-state index contributed by atoms with van der Waals surface area (Å²) in [6.07, 6.45) is 0. The van der Waals surface area contributed by atoms with E-state index in [1.165, 1.54) is 24.3 Å². The van der Waals surface area contributed by atoms with Crippen molar-refractivity contribution in [3.05, 3.63) is 95.5 Å². The monoisotopic (exact) mass is 428 g/mol. The number of halogens is 1. The number of benzene rings is 3. The van der Waals surface area contributed by atoms with E-state index in [0.717, 1.165) is 9.87 Å². The fraction of sp³-hybridized carbons (Fsp3) is 0.136. The van der Waals surface area contributed by atoms with Gasteiger partial charge in [0.05, 0.1) is 16.6 Å². The molecule has 0 bridgehead atoms. The summed E-state index contributed by atoms with van der Waals surface area (Å²) in [4.78, 5) is 12.8. The Hall–Kier alpha value is -2.83. The maximum absolute atomic E-state index is 13.2. The van der Waals surface area contributed by atoms with Gasteiger partial charge in [0.1, 0.15) is 6.54 Å².